The van der Waals surface area contributed by atoms with Gasteiger partial charge in [0.05, 0.1) is 5.69 Å². The number of hydrogen-bond acceptors (Lipinski definition) is 3. The van der Waals surface area contributed by atoms with Gasteiger partial charge in [0, 0.05) is 22.0 Å². The third kappa shape index (κ3) is 2.43. The number of nitrogens with zero attached hydrogens (tertiary/aromatic N) is 1. The van der Waals surface area contributed by atoms with Crippen LogP contribution in [0, 0.1) is 6.92 Å². The van der Waals surface area contributed by atoms with E-state index in [2.05, 4.69) is 17.2 Å². The maximum absolute atomic E-state index is 5.87. The van der Waals surface area contributed by atoms with Crippen LogP contribution in [0.1, 0.15) is 9.88 Å². The van der Waals surface area contributed by atoms with E-state index < -0.39 is 0 Å². The SMILES string of the molecule is CNCc1nc(-c2ccc(Cl)cc2)c(C)s1. The van der Waals surface area contributed by atoms with Gasteiger partial charge in [-0.1, -0.05) is 23.7 Å². The average molecular weight is 253 g/mol. The van der Waals surface area contributed by atoms with Gasteiger partial charge in [-0.3, -0.25) is 0 Å². The molecule has 0 saturated heterocycles. The van der Waals surface area contributed by atoms with Crippen LogP contribution in [0.3, 0.4) is 0 Å². The van der Waals surface area contributed by atoms with E-state index in [1.165, 1.54) is 4.88 Å². The van der Waals surface area contributed by atoms with E-state index in [0.29, 0.717) is 0 Å². The lowest BCUT2D eigenvalue weighted by atomic mass is 10.1. The number of aromatic nitrogens is 1. The summed E-state index contributed by atoms with van der Waals surface area (Å²) in [5.41, 5.74) is 2.19. The van der Waals surface area contributed by atoms with Gasteiger partial charge in [0.1, 0.15) is 5.01 Å². The standard InChI is InChI=1S/C12H13ClN2S/c1-8-12(15-11(16-8)7-14-2)9-3-5-10(13)6-4-9/h3-6,14H,7H2,1-2H3. The summed E-state index contributed by atoms with van der Waals surface area (Å²) in [6.07, 6.45) is 0. The van der Waals surface area contributed by atoms with Gasteiger partial charge >= 0.3 is 0 Å². The largest absolute Gasteiger partial charge is 0.314 e. The molecule has 4 heteroatoms. The molecule has 1 N–H and O–H groups in total. The Labute approximate surface area is 104 Å². The van der Waals surface area contributed by atoms with Crippen molar-refractivity contribution in [3.05, 3.63) is 39.2 Å². The minimum Gasteiger partial charge on any atom is -0.314 e. The molecule has 0 radical (unpaired) electrons. The van der Waals surface area contributed by atoms with Gasteiger partial charge in [0.25, 0.3) is 0 Å². The number of thiazole rings is 1. The summed E-state index contributed by atoms with van der Waals surface area (Å²) in [5.74, 6) is 0. The van der Waals surface area contributed by atoms with Crippen molar-refractivity contribution in [3.8, 4) is 11.3 Å². The topological polar surface area (TPSA) is 24.9 Å². The van der Waals surface area contributed by atoms with Crippen molar-refractivity contribution in [2.24, 2.45) is 0 Å². The fourth-order valence-electron chi connectivity index (χ4n) is 1.55. The molecule has 0 spiro atoms. The maximum atomic E-state index is 5.87. The van der Waals surface area contributed by atoms with E-state index in [1.807, 2.05) is 31.3 Å². The van der Waals surface area contributed by atoms with Crippen LogP contribution in [0.4, 0.5) is 0 Å². The second kappa shape index (κ2) is 4.95. The molecule has 0 aliphatic heterocycles. The summed E-state index contributed by atoms with van der Waals surface area (Å²) in [6.45, 7) is 2.92. The first-order chi connectivity index (χ1) is 7.70. The van der Waals surface area contributed by atoms with Gasteiger partial charge in [0.2, 0.25) is 0 Å². The third-order valence-electron chi connectivity index (χ3n) is 2.29. The molecule has 1 aromatic carbocycles. The van der Waals surface area contributed by atoms with Crippen molar-refractivity contribution >= 4 is 22.9 Å². The van der Waals surface area contributed by atoms with Gasteiger partial charge in [-0.25, -0.2) is 4.98 Å². The summed E-state index contributed by atoms with van der Waals surface area (Å²) in [5, 5.41) is 4.98. The molecule has 0 fully saturated rings. The fourth-order valence-corrected chi connectivity index (χ4v) is 2.65. The quantitative estimate of drug-likeness (QED) is 0.905. The molecule has 0 amide bonds. The molecule has 0 bridgehead atoms. The Morgan fingerprint density at radius 1 is 1.31 bits per heavy atom. The Bertz CT molecular complexity index is 476. The van der Waals surface area contributed by atoms with Crippen LogP contribution in [-0.2, 0) is 6.54 Å². The smallest absolute Gasteiger partial charge is 0.107 e. The van der Waals surface area contributed by atoms with Gasteiger partial charge < -0.3 is 5.32 Å². The molecule has 1 aromatic heterocycles. The van der Waals surface area contributed by atoms with Crippen molar-refractivity contribution in [3.63, 3.8) is 0 Å². The van der Waals surface area contributed by atoms with Crippen molar-refractivity contribution in [1.29, 1.82) is 0 Å². The highest BCUT2D eigenvalue weighted by atomic mass is 35.5. The Morgan fingerprint density at radius 2 is 2.00 bits per heavy atom. The van der Waals surface area contributed by atoms with Crippen LogP contribution in [0.2, 0.25) is 5.02 Å². The van der Waals surface area contributed by atoms with Gasteiger partial charge in [-0.05, 0) is 26.1 Å². The number of nitrogens with one attached hydrogen (secondary N) is 1. The molecule has 2 nitrogen and oxygen atoms in total. The van der Waals surface area contributed by atoms with Crippen molar-refractivity contribution in [2.75, 3.05) is 7.05 Å². The van der Waals surface area contributed by atoms with E-state index in [9.17, 15) is 0 Å². The highest BCUT2D eigenvalue weighted by molar-refractivity contribution is 7.12. The van der Waals surface area contributed by atoms with Crippen molar-refractivity contribution in [2.45, 2.75) is 13.5 Å². The molecule has 0 saturated carbocycles. The number of aryl methyl sites for hydroxylation is 1. The second-order valence-electron chi connectivity index (χ2n) is 3.55. The van der Waals surface area contributed by atoms with Crippen LogP contribution in [0.5, 0.6) is 0 Å². The average Bonchev–Trinajstić information content (AvgIpc) is 2.61. The summed E-state index contributed by atoms with van der Waals surface area (Å²) in [4.78, 5) is 5.86. The summed E-state index contributed by atoms with van der Waals surface area (Å²) >= 11 is 7.60. The normalized spacial score (nSPS) is 10.7. The first kappa shape index (κ1) is 11.6. The highest BCUT2D eigenvalue weighted by Gasteiger charge is 2.08. The van der Waals surface area contributed by atoms with E-state index in [1.54, 1.807) is 11.3 Å². The van der Waals surface area contributed by atoms with Crippen LogP contribution < -0.4 is 5.32 Å². The Morgan fingerprint density at radius 3 is 2.62 bits per heavy atom. The van der Waals surface area contributed by atoms with E-state index in [4.69, 9.17) is 11.6 Å². The number of halogens is 1. The molecule has 0 unspecified atom stereocenters. The number of rotatable bonds is 3. The Hall–Kier alpha value is -0.900. The molecule has 0 aliphatic rings. The minimum absolute atomic E-state index is 0.757. The number of benzene rings is 1. The highest BCUT2D eigenvalue weighted by Crippen LogP contribution is 2.28. The van der Waals surface area contributed by atoms with Gasteiger partial charge in [-0.2, -0.15) is 0 Å². The van der Waals surface area contributed by atoms with Crippen molar-refractivity contribution < 1.29 is 0 Å². The van der Waals surface area contributed by atoms with Crippen LogP contribution in [0.15, 0.2) is 24.3 Å². The zero-order valence-corrected chi connectivity index (χ0v) is 10.8. The lowest BCUT2D eigenvalue weighted by molar-refractivity contribution is 0.811. The first-order valence-corrected chi connectivity index (χ1v) is 6.27. The van der Waals surface area contributed by atoms with Crippen LogP contribution in [-0.4, -0.2) is 12.0 Å². The molecular weight excluding hydrogens is 240 g/mol. The van der Waals surface area contributed by atoms with Crippen molar-refractivity contribution in [1.82, 2.24) is 10.3 Å². The van der Waals surface area contributed by atoms with Crippen LogP contribution in [0.25, 0.3) is 11.3 Å². The predicted molar refractivity (Wildman–Crippen MR) is 70.1 cm³/mol. The van der Waals surface area contributed by atoms with Gasteiger partial charge in [0.15, 0.2) is 0 Å². The molecule has 16 heavy (non-hydrogen) atoms. The molecule has 2 rings (SSSR count). The molecule has 2 aromatic rings. The molecular formula is C12H13ClN2S. The zero-order chi connectivity index (χ0) is 11.5. The van der Waals surface area contributed by atoms with Crippen LogP contribution >= 0.6 is 22.9 Å². The minimum atomic E-state index is 0.757. The fraction of sp³-hybridized carbons (Fsp3) is 0.250. The molecule has 0 aliphatic carbocycles. The van der Waals surface area contributed by atoms with E-state index >= 15 is 0 Å². The van der Waals surface area contributed by atoms with Gasteiger partial charge in [-0.15, -0.1) is 11.3 Å². The lowest BCUT2D eigenvalue weighted by Gasteiger charge is -1.98. The molecule has 1 heterocycles. The molecule has 84 valence electrons. The Balaban J connectivity index is 2.36. The summed E-state index contributed by atoms with van der Waals surface area (Å²) < 4.78 is 0. The summed E-state index contributed by atoms with van der Waals surface area (Å²) in [6, 6.07) is 7.81. The molecule has 0 atom stereocenters. The third-order valence-corrected chi connectivity index (χ3v) is 3.51. The summed E-state index contributed by atoms with van der Waals surface area (Å²) in [7, 11) is 1.93. The maximum Gasteiger partial charge on any atom is 0.107 e. The number of hydrogen-bond donors (Lipinski definition) is 1. The predicted octanol–water partition coefficient (Wildman–Crippen LogP) is 3.49. The first-order valence-electron chi connectivity index (χ1n) is 5.07. The monoisotopic (exact) mass is 252 g/mol. The van der Waals surface area contributed by atoms with E-state index in [-0.39, 0.29) is 0 Å². The zero-order valence-electron chi connectivity index (χ0n) is 9.25. The van der Waals surface area contributed by atoms with E-state index in [0.717, 1.165) is 27.8 Å². The Kier molecular flexibility index (Phi) is 3.59. The second-order valence-corrected chi connectivity index (χ2v) is 5.27. The lowest BCUT2D eigenvalue weighted by Crippen LogP contribution is -2.04.